The third-order valence-electron chi connectivity index (χ3n) is 3.97. The van der Waals surface area contributed by atoms with Crippen molar-refractivity contribution in [2.75, 3.05) is 0 Å². The molecule has 8 heteroatoms. The lowest BCUT2D eigenvalue weighted by Gasteiger charge is -2.05. The van der Waals surface area contributed by atoms with Gasteiger partial charge in [-0.1, -0.05) is 47.6 Å². The molecule has 28 heavy (non-hydrogen) atoms. The molecule has 4 rings (SSSR count). The van der Waals surface area contributed by atoms with E-state index in [1.54, 1.807) is 12.1 Å². The van der Waals surface area contributed by atoms with Gasteiger partial charge in [0.2, 0.25) is 0 Å². The van der Waals surface area contributed by atoms with Gasteiger partial charge in [0.15, 0.2) is 6.61 Å². The van der Waals surface area contributed by atoms with E-state index in [0.717, 1.165) is 16.5 Å². The SMILES string of the molecule is Cc1ccc2c(CSc3nnc(COc4ccccc4Cl)o3)cc(=O)oc2c1. The van der Waals surface area contributed by atoms with E-state index in [-0.39, 0.29) is 12.2 Å². The fourth-order valence-electron chi connectivity index (χ4n) is 2.65. The zero-order chi connectivity index (χ0) is 19.5. The van der Waals surface area contributed by atoms with Gasteiger partial charge in [0.1, 0.15) is 11.3 Å². The molecule has 0 fully saturated rings. The summed E-state index contributed by atoms with van der Waals surface area (Å²) in [6.07, 6.45) is 0. The lowest BCUT2D eigenvalue weighted by molar-refractivity contribution is 0.252. The lowest BCUT2D eigenvalue weighted by atomic mass is 10.1. The van der Waals surface area contributed by atoms with Crippen molar-refractivity contribution < 1.29 is 13.6 Å². The van der Waals surface area contributed by atoms with E-state index >= 15 is 0 Å². The molecule has 0 radical (unpaired) electrons. The van der Waals surface area contributed by atoms with E-state index in [4.69, 9.17) is 25.2 Å². The Morgan fingerprint density at radius 2 is 1.96 bits per heavy atom. The molecule has 0 atom stereocenters. The summed E-state index contributed by atoms with van der Waals surface area (Å²) in [5, 5.41) is 9.79. The summed E-state index contributed by atoms with van der Waals surface area (Å²) in [5.74, 6) is 1.39. The Morgan fingerprint density at radius 3 is 2.82 bits per heavy atom. The molecule has 0 aliphatic carbocycles. The predicted octanol–water partition coefficient (Wildman–Crippen LogP) is 5.01. The first kappa shape index (κ1) is 18.6. The normalized spacial score (nSPS) is 11.1. The van der Waals surface area contributed by atoms with Gasteiger partial charge in [-0.05, 0) is 36.2 Å². The molecule has 0 aliphatic rings. The second-order valence-electron chi connectivity index (χ2n) is 6.06. The molecule has 0 bridgehead atoms. The van der Waals surface area contributed by atoms with Crippen molar-refractivity contribution in [1.29, 1.82) is 0 Å². The van der Waals surface area contributed by atoms with Gasteiger partial charge in [-0.25, -0.2) is 4.79 Å². The molecule has 0 saturated carbocycles. The van der Waals surface area contributed by atoms with E-state index < -0.39 is 0 Å². The largest absolute Gasteiger partial charge is 0.482 e. The molecule has 0 saturated heterocycles. The van der Waals surface area contributed by atoms with Crippen LogP contribution in [0.2, 0.25) is 5.02 Å². The summed E-state index contributed by atoms with van der Waals surface area (Å²) in [6, 6.07) is 14.4. The van der Waals surface area contributed by atoms with Gasteiger partial charge in [-0.15, -0.1) is 10.2 Å². The van der Waals surface area contributed by atoms with Gasteiger partial charge in [-0.3, -0.25) is 0 Å². The Balaban J connectivity index is 1.44. The maximum atomic E-state index is 11.8. The second kappa shape index (κ2) is 8.08. The van der Waals surface area contributed by atoms with Gasteiger partial charge >= 0.3 is 5.63 Å². The zero-order valence-corrected chi connectivity index (χ0v) is 16.4. The van der Waals surface area contributed by atoms with E-state index in [0.29, 0.717) is 33.2 Å². The number of hydrogen-bond donors (Lipinski definition) is 0. The summed E-state index contributed by atoms with van der Waals surface area (Å²) in [7, 11) is 0. The van der Waals surface area contributed by atoms with Crippen LogP contribution in [-0.4, -0.2) is 10.2 Å². The van der Waals surface area contributed by atoms with Crippen molar-refractivity contribution in [3.05, 3.63) is 81.0 Å². The third kappa shape index (κ3) is 4.21. The number of halogens is 1. The van der Waals surface area contributed by atoms with Crippen molar-refractivity contribution in [2.45, 2.75) is 24.5 Å². The number of benzene rings is 2. The molecule has 2 aromatic carbocycles. The first-order valence-corrected chi connectivity index (χ1v) is 9.81. The first-order valence-electron chi connectivity index (χ1n) is 8.44. The number of hydrogen-bond acceptors (Lipinski definition) is 7. The topological polar surface area (TPSA) is 78.4 Å². The van der Waals surface area contributed by atoms with Crippen LogP contribution < -0.4 is 10.4 Å². The molecular weight excluding hydrogens is 400 g/mol. The molecule has 0 aliphatic heterocycles. The van der Waals surface area contributed by atoms with Gasteiger partial charge in [0.05, 0.1) is 5.02 Å². The van der Waals surface area contributed by atoms with E-state index in [9.17, 15) is 4.79 Å². The van der Waals surface area contributed by atoms with Gasteiger partial charge in [-0.2, -0.15) is 0 Å². The molecule has 2 aromatic heterocycles. The van der Waals surface area contributed by atoms with Crippen LogP contribution in [0.4, 0.5) is 0 Å². The molecule has 0 amide bonds. The molecule has 0 unspecified atom stereocenters. The highest BCUT2D eigenvalue weighted by Crippen LogP contribution is 2.27. The molecule has 0 spiro atoms. The number of nitrogens with zero attached hydrogens (tertiary/aromatic N) is 2. The highest BCUT2D eigenvalue weighted by molar-refractivity contribution is 7.98. The Morgan fingerprint density at radius 1 is 1.11 bits per heavy atom. The highest BCUT2D eigenvalue weighted by atomic mass is 35.5. The van der Waals surface area contributed by atoms with Crippen LogP contribution in [0, 0.1) is 6.92 Å². The van der Waals surface area contributed by atoms with Crippen LogP contribution in [0.15, 0.2) is 67.4 Å². The van der Waals surface area contributed by atoms with Gasteiger partial charge in [0.25, 0.3) is 11.1 Å². The summed E-state index contributed by atoms with van der Waals surface area (Å²) in [5.41, 5.74) is 2.07. The van der Waals surface area contributed by atoms with Crippen molar-refractivity contribution in [2.24, 2.45) is 0 Å². The Bertz CT molecular complexity index is 1190. The van der Waals surface area contributed by atoms with E-state index in [1.807, 2.05) is 37.3 Å². The molecular formula is C20H15ClN2O4S. The molecule has 2 heterocycles. The van der Waals surface area contributed by atoms with Crippen LogP contribution >= 0.6 is 23.4 Å². The smallest absolute Gasteiger partial charge is 0.336 e. The standard InChI is InChI=1S/C20H15ClN2O4S/c1-12-6-7-14-13(9-19(24)26-17(14)8-12)11-28-20-23-22-18(27-20)10-25-16-5-3-2-4-15(16)21/h2-9H,10-11H2,1H3. The molecule has 0 N–H and O–H groups in total. The third-order valence-corrected chi connectivity index (χ3v) is 5.15. The fourth-order valence-corrected chi connectivity index (χ4v) is 3.61. The number of aromatic nitrogens is 2. The van der Waals surface area contributed by atoms with Crippen LogP contribution in [0.5, 0.6) is 5.75 Å². The van der Waals surface area contributed by atoms with Crippen LogP contribution in [-0.2, 0) is 12.4 Å². The Labute approximate surface area is 169 Å². The lowest BCUT2D eigenvalue weighted by Crippen LogP contribution is -2.00. The second-order valence-corrected chi connectivity index (χ2v) is 7.39. The quantitative estimate of drug-likeness (QED) is 0.324. The maximum Gasteiger partial charge on any atom is 0.336 e. The highest BCUT2D eigenvalue weighted by Gasteiger charge is 2.11. The van der Waals surface area contributed by atoms with Crippen LogP contribution in [0.1, 0.15) is 17.0 Å². The number of aryl methyl sites for hydroxylation is 1. The monoisotopic (exact) mass is 414 g/mol. The molecule has 142 valence electrons. The molecule has 4 aromatic rings. The van der Waals surface area contributed by atoms with Gasteiger partial charge < -0.3 is 13.6 Å². The van der Waals surface area contributed by atoms with E-state index in [1.165, 1.54) is 17.8 Å². The van der Waals surface area contributed by atoms with Crippen LogP contribution in [0.3, 0.4) is 0 Å². The predicted molar refractivity (Wildman–Crippen MR) is 107 cm³/mol. The minimum atomic E-state index is -0.381. The van der Waals surface area contributed by atoms with Crippen LogP contribution in [0.25, 0.3) is 11.0 Å². The minimum Gasteiger partial charge on any atom is -0.482 e. The summed E-state index contributed by atoms with van der Waals surface area (Å²) in [4.78, 5) is 11.8. The number of thioether (sulfide) groups is 1. The Hall–Kier alpha value is -2.77. The minimum absolute atomic E-state index is 0.119. The maximum absolute atomic E-state index is 11.8. The fraction of sp³-hybridized carbons (Fsp3) is 0.150. The number of para-hydroxylation sites is 1. The van der Waals surface area contributed by atoms with Crippen molar-refractivity contribution in [3.63, 3.8) is 0 Å². The van der Waals surface area contributed by atoms with Crippen molar-refractivity contribution in [1.82, 2.24) is 10.2 Å². The summed E-state index contributed by atoms with van der Waals surface area (Å²) < 4.78 is 16.5. The summed E-state index contributed by atoms with van der Waals surface area (Å²) >= 11 is 7.40. The van der Waals surface area contributed by atoms with Gasteiger partial charge in [0, 0.05) is 17.2 Å². The number of rotatable bonds is 6. The average molecular weight is 415 g/mol. The van der Waals surface area contributed by atoms with E-state index in [2.05, 4.69) is 10.2 Å². The van der Waals surface area contributed by atoms with Crippen molar-refractivity contribution >= 4 is 34.3 Å². The number of ether oxygens (including phenoxy) is 1. The summed E-state index contributed by atoms with van der Waals surface area (Å²) in [6.45, 7) is 2.07. The first-order chi connectivity index (χ1) is 13.6. The average Bonchev–Trinajstić information content (AvgIpc) is 3.13. The molecule has 6 nitrogen and oxygen atoms in total. The number of fused-ring (bicyclic) bond motifs is 1. The zero-order valence-electron chi connectivity index (χ0n) is 14.8. The van der Waals surface area contributed by atoms with Crippen molar-refractivity contribution in [3.8, 4) is 5.75 Å². The Kier molecular flexibility index (Phi) is 5.36.